The van der Waals surface area contributed by atoms with Crippen molar-refractivity contribution in [3.8, 4) is 40.0 Å². The van der Waals surface area contributed by atoms with Gasteiger partial charge in [-0.3, -0.25) is 4.99 Å². The molecule has 0 aliphatic heterocycles. The molecule has 0 unspecified atom stereocenters. The topological polar surface area (TPSA) is 86.8 Å². The monoisotopic (exact) mass is 469 g/mol. The molecule has 3 aromatic rings. The van der Waals surface area contributed by atoms with Crippen molar-refractivity contribution in [3.63, 3.8) is 0 Å². The second kappa shape index (κ2) is 10.7. The molecule has 0 amide bonds. The Morgan fingerprint density at radius 2 is 1.70 bits per heavy atom. The minimum absolute atomic E-state index is 0.0701. The third-order valence-corrected chi connectivity index (χ3v) is 5.53. The Labute approximate surface area is 196 Å². The van der Waals surface area contributed by atoms with Crippen LogP contribution in [0.15, 0.2) is 58.0 Å². The van der Waals surface area contributed by atoms with Gasteiger partial charge in [0.1, 0.15) is 11.5 Å². The highest BCUT2D eigenvalue weighted by Gasteiger charge is 2.15. The summed E-state index contributed by atoms with van der Waals surface area (Å²) in [5, 5.41) is 16.8. The van der Waals surface area contributed by atoms with Crippen molar-refractivity contribution in [1.29, 1.82) is 0 Å². The summed E-state index contributed by atoms with van der Waals surface area (Å²) in [6.45, 7) is 6.33. The number of hydrogen-bond acceptors (Lipinski definition) is 8. The smallest absolute Gasteiger partial charge is 0.206 e. The fraction of sp³-hybridized carbons (Fsp3) is 0.250. The van der Waals surface area contributed by atoms with Crippen molar-refractivity contribution in [2.75, 3.05) is 35.0 Å². The van der Waals surface area contributed by atoms with E-state index in [0.717, 1.165) is 16.8 Å². The number of aromatic nitrogens is 1. The molecule has 1 N–H and O–H groups in total. The number of phenolic OH excluding ortho intramolecular Hbond substituents is 1. The summed E-state index contributed by atoms with van der Waals surface area (Å²) >= 11 is 1.45. The van der Waals surface area contributed by atoms with Crippen LogP contribution in [0.4, 0.5) is 0 Å². The van der Waals surface area contributed by atoms with Crippen molar-refractivity contribution >= 4 is 17.6 Å². The van der Waals surface area contributed by atoms with E-state index in [4.69, 9.17) is 24.0 Å². The fourth-order valence-electron chi connectivity index (χ4n) is 3.03. The lowest BCUT2D eigenvalue weighted by atomic mass is 10.1. The summed E-state index contributed by atoms with van der Waals surface area (Å²) in [4.78, 5) is 5.34. The van der Waals surface area contributed by atoms with Crippen LogP contribution in [0.2, 0.25) is 0 Å². The SMILES string of the molecule is C=C(C)CN=c1scc(-c2cc(OC)ccc2OC)n1/N=C/c1cc(OC)c(O)c(OC)c1. The van der Waals surface area contributed by atoms with Gasteiger partial charge in [0, 0.05) is 16.5 Å². The molecular formula is C24H27N3O5S. The summed E-state index contributed by atoms with van der Waals surface area (Å²) in [5.41, 5.74) is 3.20. The number of ether oxygens (including phenoxy) is 4. The van der Waals surface area contributed by atoms with E-state index in [0.29, 0.717) is 28.4 Å². The Balaban J connectivity index is 2.18. The number of hydrogen-bond donors (Lipinski definition) is 1. The van der Waals surface area contributed by atoms with E-state index in [1.807, 2.05) is 30.5 Å². The maximum absolute atomic E-state index is 10.2. The molecule has 0 fully saturated rings. The molecule has 33 heavy (non-hydrogen) atoms. The highest BCUT2D eigenvalue weighted by molar-refractivity contribution is 7.07. The molecule has 174 valence electrons. The van der Waals surface area contributed by atoms with Gasteiger partial charge in [0.25, 0.3) is 0 Å². The molecule has 8 nitrogen and oxygen atoms in total. The predicted octanol–water partition coefficient (Wildman–Crippen LogP) is 4.32. The minimum Gasteiger partial charge on any atom is -0.502 e. The van der Waals surface area contributed by atoms with Crippen LogP contribution >= 0.6 is 11.3 Å². The lowest BCUT2D eigenvalue weighted by molar-refractivity contribution is 0.340. The van der Waals surface area contributed by atoms with E-state index in [2.05, 4.69) is 11.6 Å². The maximum Gasteiger partial charge on any atom is 0.206 e. The van der Waals surface area contributed by atoms with Gasteiger partial charge in [-0.1, -0.05) is 12.2 Å². The molecule has 0 aliphatic rings. The summed E-state index contributed by atoms with van der Waals surface area (Å²) in [6, 6.07) is 8.92. The minimum atomic E-state index is -0.0701. The molecule has 1 aromatic heterocycles. The average molecular weight is 470 g/mol. The normalized spacial score (nSPS) is 11.6. The van der Waals surface area contributed by atoms with Gasteiger partial charge in [-0.05, 0) is 37.3 Å². The van der Waals surface area contributed by atoms with E-state index in [-0.39, 0.29) is 17.2 Å². The average Bonchev–Trinajstić information content (AvgIpc) is 3.23. The van der Waals surface area contributed by atoms with Crippen LogP contribution in [0.5, 0.6) is 28.7 Å². The van der Waals surface area contributed by atoms with Gasteiger partial charge < -0.3 is 24.1 Å². The molecule has 3 rings (SSSR count). The quantitative estimate of drug-likeness (QED) is 0.373. The zero-order chi connectivity index (χ0) is 24.0. The van der Waals surface area contributed by atoms with E-state index in [1.54, 1.807) is 37.2 Å². The summed E-state index contributed by atoms with van der Waals surface area (Å²) in [7, 11) is 6.19. The van der Waals surface area contributed by atoms with E-state index >= 15 is 0 Å². The Morgan fingerprint density at radius 1 is 1.03 bits per heavy atom. The summed E-state index contributed by atoms with van der Waals surface area (Å²) < 4.78 is 23.2. The van der Waals surface area contributed by atoms with Crippen LogP contribution in [0.25, 0.3) is 11.3 Å². The molecule has 0 spiro atoms. The lowest BCUT2D eigenvalue weighted by Crippen LogP contribution is -2.13. The van der Waals surface area contributed by atoms with Gasteiger partial charge >= 0.3 is 0 Å². The van der Waals surface area contributed by atoms with E-state index < -0.39 is 0 Å². The maximum atomic E-state index is 10.2. The molecule has 1 heterocycles. The first kappa shape index (κ1) is 23.9. The lowest BCUT2D eigenvalue weighted by Gasteiger charge is -2.11. The second-order valence-electron chi connectivity index (χ2n) is 7.07. The molecule has 0 bridgehead atoms. The Morgan fingerprint density at radius 3 is 2.27 bits per heavy atom. The molecule has 0 saturated carbocycles. The zero-order valence-corrected chi connectivity index (χ0v) is 20.1. The van der Waals surface area contributed by atoms with Crippen molar-refractivity contribution in [1.82, 2.24) is 4.68 Å². The van der Waals surface area contributed by atoms with Crippen LogP contribution in [0, 0.1) is 0 Å². The Bertz CT molecular complexity index is 1220. The number of phenols is 1. The third kappa shape index (κ3) is 5.38. The largest absolute Gasteiger partial charge is 0.502 e. The van der Waals surface area contributed by atoms with Gasteiger partial charge in [-0.15, -0.1) is 11.3 Å². The molecule has 2 aromatic carbocycles. The van der Waals surface area contributed by atoms with Gasteiger partial charge in [0.2, 0.25) is 10.6 Å². The van der Waals surface area contributed by atoms with Gasteiger partial charge in [-0.25, -0.2) is 4.68 Å². The fourth-order valence-corrected chi connectivity index (χ4v) is 3.86. The first-order chi connectivity index (χ1) is 15.9. The first-order valence-corrected chi connectivity index (χ1v) is 10.9. The van der Waals surface area contributed by atoms with Crippen molar-refractivity contribution < 1.29 is 24.1 Å². The second-order valence-corrected chi connectivity index (χ2v) is 7.91. The number of methoxy groups -OCH3 is 4. The van der Waals surface area contributed by atoms with Crippen molar-refractivity contribution in [2.24, 2.45) is 10.1 Å². The van der Waals surface area contributed by atoms with Crippen LogP contribution in [-0.2, 0) is 0 Å². The molecule has 9 heteroatoms. The van der Waals surface area contributed by atoms with Gasteiger partial charge in [-0.2, -0.15) is 5.10 Å². The highest BCUT2D eigenvalue weighted by atomic mass is 32.1. The summed E-state index contributed by atoms with van der Waals surface area (Å²) in [5.74, 6) is 1.87. The molecule has 0 atom stereocenters. The molecular weight excluding hydrogens is 442 g/mol. The summed E-state index contributed by atoms with van der Waals surface area (Å²) in [6.07, 6.45) is 1.65. The van der Waals surface area contributed by atoms with E-state index in [9.17, 15) is 5.11 Å². The van der Waals surface area contributed by atoms with Crippen molar-refractivity contribution in [3.05, 3.63) is 58.2 Å². The highest BCUT2D eigenvalue weighted by Crippen LogP contribution is 2.37. The number of nitrogens with zero attached hydrogens (tertiary/aromatic N) is 3. The Hall–Kier alpha value is -3.72. The zero-order valence-electron chi connectivity index (χ0n) is 19.3. The first-order valence-electron chi connectivity index (χ1n) is 9.99. The van der Waals surface area contributed by atoms with Crippen molar-refractivity contribution in [2.45, 2.75) is 6.92 Å². The van der Waals surface area contributed by atoms with Crippen LogP contribution in [0.3, 0.4) is 0 Å². The predicted molar refractivity (Wildman–Crippen MR) is 130 cm³/mol. The molecule has 0 aliphatic carbocycles. The number of aromatic hydroxyl groups is 1. The molecule has 0 radical (unpaired) electrons. The van der Waals surface area contributed by atoms with Crippen LogP contribution in [0.1, 0.15) is 12.5 Å². The molecule has 0 saturated heterocycles. The van der Waals surface area contributed by atoms with Crippen LogP contribution < -0.4 is 23.7 Å². The van der Waals surface area contributed by atoms with Crippen LogP contribution in [-0.4, -0.2) is 51.0 Å². The van der Waals surface area contributed by atoms with Gasteiger partial charge in [0.05, 0.1) is 46.9 Å². The number of benzene rings is 2. The third-order valence-electron chi connectivity index (χ3n) is 4.68. The van der Waals surface area contributed by atoms with Gasteiger partial charge in [0.15, 0.2) is 11.5 Å². The Kier molecular flexibility index (Phi) is 7.78. The van der Waals surface area contributed by atoms with E-state index in [1.165, 1.54) is 25.6 Å². The standard InChI is InChI=1S/C24H27N3O5S/c1-15(2)12-25-24-27(26-13-16-9-21(31-5)23(28)22(10-16)32-6)19(14-33-24)18-11-17(29-3)7-8-20(18)30-4/h7-11,13-14,28H,1,12H2,2-6H3/b25-24?,26-13+. The number of rotatable bonds is 9. The number of thiazole rings is 1.